The summed E-state index contributed by atoms with van der Waals surface area (Å²) in [6.45, 7) is 7.31. The van der Waals surface area contributed by atoms with E-state index in [1.807, 2.05) is 30.0 Å². The molecule has 5 rings (SSSR count). The molecule has 8 nitrogen and oxygen atoms in total. The number of carbonyl (C=O) groups is 1. The van der Waals surface area contributed by atoms with E-state index in [2.05, 4.69) is 33.0 Å². The quantitative estimate of drug-likeness (QED) is 0.522. The van der Waals surface area contributed by atoms with Gasteiger partial charge in [0, 0.05) is 31.6 Å². The van der Waals surface area contributed by atoms with Gasteiger partial charge in [-0.2, -0.15) is 10.1 Å². The minimum Gasteiger partial charge on any atom is -0.440 e. The van der Waals surface area contributed by atoms with E-state index in [-0.39, 0.29) is 11.8 Å². The first kappa shape index (κ1) is 17.8. The van der Waals surface area contributed by atoms with Gasteiger partial charge in [-0.1, -0.05) is 13.0 Å². The van der Waals surface area contributed by atoms with Gasteiger partial charge in [0.25, 0.3) is 11.7 Å². The summed E-state index contributed by atoms with van der Waals surface area (Å²) in [4.78, 5) is 28.3. The van der Waals surface area contributed by atoms with E-state index < -0.39 is 0 Å². The third-order valence-electron chi connectivity index (χ3n) is 5.79. The van der Waals surface area contributed by atoms with Gasteiger partial charge in [0.2, 0.25) is 0 Å². The monoisotopic (exact) mass is 390 g/mol. The van der Waals surface area contributed by atoms with Gasteiger partial charge >= 0.3 is 0 Å². The van der Waals surface area contributed by atoms with E-state index in [4.69, 9.17) is 4.42 Å². The summed E-state index contributed by atoms with van der Waals surface area (Å²) in [7, 11) is 0. The highest BCUT2D eigenvalue weighted by atomic mass is 16.3. The first-order valence-electron chi connectivity index (χ1n) is 9.84. The molecule has 0 bridgehead atoms. The van der Waals surface area contributed by atoms with Crippen molar-refractivity contribution in [1.82, 2.24) is 29.5 Å². The van der Waals surface area contributed by atoms with Crippen molar-refractivity contribution in [2.45, 2.75) is 33.1 Å². The van der Waals surface area contributed by atoms with Crippen LogP contribution in [0.1, 0.15) is 46.9 Å². The van der Waals surface area contributed by atoms with Crippen LogP contribution in [0.15, 0.2) is 35.0 Å². The zero-order chi connectivity index (χ0) is 20.1. The fraction of sp³-hybridized carbons (Fsp3) is 0.381. The van der Waals surface area contributed by atoms with E-state index in [9.17, 15) is 4.79 Å². The predicted molar refractivity (Wildman–Crippen MR) is 107 cm³/mol. The lowest BCUT2D eigenvalue weighted by Gasteiger charge is -2.37. The summed E-state index contributed by atoms with van der Waals surface area (Å²) < 4.78 is 7.51. The molecule has 0 saturated carbocycles. The van der Waals surface area contributed by atoms with Crippen molar-refractivity contribution in [1.29, 1.82) is 0 Å². The smallest absolute Gasteiger partial charge is 0.257 e. The molecule has 0 aliphatic carbocycles. The molecule has 1 saturated heterocycles. The third kappa shape index (κ3) is 2.95. The zero-order valence-corrected chi connectivity index (χ0v) is 16.7. The first-order valence-corrected chi connectivity index (χ1v) is 9.84. The number of hydrogen-bond acceptors (Lipinski definition) is 6. The summed E-state index contributed by atoms with van der Waals surface area (Å²) in [5.74, 6) is 1.69. The Labute approximate surface area is 167 Å². The summed E-state index contributed by atoms with van der Waals surface area (Å²) in [6.07, 6.45) is 2.44. The molecular formula is C21H22N6O2. The van der Waals surface area contributed by atoms with Gasteiger partial charge in [-0.15, -0.1) is 0 Å². The van der Waals surface area contributed by atoms with E-state index in [0.717, 1.165) is 17.8 Å². The van der Waals surface area contributed by atoms with Crippen LogP contribution in [0.2, 0.25) is 0 Å². The van der Waals surface area contributed by atoms with Crippen molar-refractivity contribution in [3.05, 3.63) is 53.4 Å². The molecule has 0 unspecified atom stereocenters. The van der Waals surface area contributed by atoms with E-state index in [1.165, 1.54) is 6.33 Å². The number of para-hydroxylation sites is 1. The molecule has 1 amide bonds. The van der Waals surface area contributed by atoms with E-state index in [1.54, 1.807) is 11.4 Å². The number of carbonyl (C=O) groups excluding carboxylic acids is 1. The molecule has 148 valence electrons. The Kier molecular flexibility index (Phi) is 4.08. The summed E-state index contributed by atoms with van der Waals surface area (Å²) in [5.41, 5.74) is 3.78. The van der Waals surface area contributed by atoms with Crippen LogP contribution in [0.4, 0.5) is 0 Å². The average molecular weight is 390 g/mol. The molecule has 29 heavy (non-hydrogen) atoms. The second-order valence-electron chi connectivity index (χ2n) is 7.80. The maximum absolute atomic E-state index is 13.4. The van der Waals surface area contributed by atoms with Crippen molar-refractivity contribution in [3.63, 3.8) is 0 Å². The molecule has 1 aromatic carbocycles. The zero-order valence-electron chi connectivity index (χ0n) is 16.7. The number of amides is 1. The molecule has 0 N–H and O–H groups in total. The Morgan fingerprint density at radius 1 is 1.24 bits per heavy atom. The Hall–Kier alpha value is -3.29. The van der Waals surface area contributed by atoms with Crippen molar-refractivity contribution < 1.29 is 9.21 Å². The molecule has 4 heterocycles. The largest absolute Gasteiger partial charge is 0.440 e. The second-order valence-corrected chi connectivity index (χ2v) is 7.80. The van der Waals surface area contributed by atoms with Crippen LogP contribution in [-0.4, -0.2) is 48.5 Å². The molecule has 0 spiro atoms. The number of benzene rings is 1. The van der Waals surface area contributed by atoms with Gasteiger partial charge in [0.1, 0.15) is 11.8 Å². The lowest BCUT2D eigenvalue weighted by Crippen LogP contribution is -2.42. The summed E-state index contributed by atoms with van der Waals surface area (Å²) in [6, 6.07) is 7.59. The first-order chi connectivity index (χ1) is 14.0. The summed E-state index contributed by atoms with van der Waals surface area (Å²) in [5, 5.41) is 4.36. The maximum atomic E-state index is 13.4. The molecule has 2 atom stereocenters. The fourth-order valence-electron chi connectivity index (χ4n) is 4.26. The van der Waals surface area contributed by atoms with Gasteiger partial charge in [-0.05, 0) is 37.5 Å². The molecular weight excluding hydrogens is 368 g/mol. The Morgan fingerprint density at radius 3 is 2.97 bits per heavy atom. The minimum absolute atomic E-state index is 0.0238. The van der Waals surface area contributed by atoms with Crippen LogP contribution in [-0.2, 0) is 0 Å². The van der Waals surface area contributed by atoms with Gasteiger partial charge in [0.15, 0.2) is 11.5 Å². The number of piperidine rings is 1. The standard InChI is InChI=1S/C21H22N6O2/c1-12-7-8-26(20(28)15-5-4-6-17-19(15)29-14(3)25-17)10-16(12)18-9-13(2)24-21-22-11-23-27(18)21/h4-6,9,11-12,16H,7-8,10H2,1-3H3/t12-,16-/m1/s1. The van der Waals surface area contributed by atoms with Crippen LogP contribution >= 0.6 is 0 Å². The highest BCUT2D eigenvalue weighted by Crippen LogP contribution is 2.33. The van der Waals surface area contributed by atoms with E-state index in [0.29, 0.717) is 47.3 Å². The number of hydrogen-bond donors (Lipinski definition) is 0. The number of rotatable bonds is 2. The van der Waals surface area contributed by atoms with Gasteiger partial charge in [-0.25, -0.2) is 14.5 Å². The molecule has 4 aromatic rings. The normalized spacial score (nSPS) is 19.9. The number of aryl methyl sites for hydroxylation is 2. The van der Waals surface area contributed by atoms with Crippen molar-refractivity contribution >= 4 is 22.8 Å². The average Bonchev–Trinajstić information content (AvgIpc) is 3.32. The molecule has 0 radical (unpaired) electrons. The number of likely N-dealkylation sites (tertiary alicyclic amines) is 1. The number of fused-ring (bicyclic) bond motifs is 2. The molecule has 3 aromatic heterocycles. The fourth-order valence-corrected chi connectivity index (χ4v) is 4.26. The molecule has 1 fully saturated rings. The highest BCUT2D eigenvalue weighted by molar-refractivity contribution is 6.04. The SMILES string of the molecule is Cc1cc([C@@H]2CN(C(=O)c3cccc4nc(C)oc34)CC[C@H]2C)n2ncnc2n1. The predicted octanol–water partition coefficient (Wildman–Crippen LogP) is 3.15. The Morgan fingerprint density at radius 2 is 2.10 bits per heavy atom. The Balaban J connectivity index is 1.51. The number of oxazole rings is 1. The van der Waals surface area contributed by atoms with Crippen molar-refractivity contribution in [2.24, 2.45) is 5.92 Å². The van der Waals surface area contributed by atoms with Gasteiger partial charge < -0.3 is 9.32 Å². The second kappa shape index (κ2) is 6.65. The van der Waals surface area contributed by atoms with Gasteiger partial charge in [0.05, 0.1) is 11.3 Å². The van der Waals surface area contributed by atoms with Crippen LogP contribution in [0.3, 0.4) is 0 Å². The van der Waals surface area contributed by atoms with Crippen molar-refractivity contribution in [2.75, 3.05) is 13.1 Å². The molecule has 1 aliphatic heterocycles. The van der Waals surface area contributed by atoms with Crippen LogP contribution < -0.4 is 0 Å². The van der Waals surface area contributed by atoms with E-state index >= 15 is 0 Å². The van der Waals surface area contributed by atoms with Crippen LogP contribution in [0, 0.1) is 19.8 Å². The lowest BCUT2D eigenvalue weighted by molar-refractivity contribution is 0.0667. The van der Waals surface area contributed by atoms with Crippen LogP contribution in [0.25, 0.3) is 16.9 Å². The topological polar surface area (TPSA) is 89.4 Å². The Bertz CT molecular complexity index is 1230. The minimum atomic E-state index is -0.0238. The third-order valence-corrected chi connectivity index (χ3v) is 5.79. The maximum Gasteiger partial charge on any atom is 0.257 e. The number of nitrogens with zero attached hydrogens (tertiary/aromatic N) is 6. The van der Waals surface area contributed by atoms with Gasteiger partial charge in [-0.3, -0.25) is 4.79 Å². The lowest BCUT2D eigenvalue weighted by atomic mass is 9.84. The summed E-state index contributed by atoms with van der Waals surface area (Å²) >= 11 is 0. The van der Waals surface area contributed by atoms with Crippen LogP contribution in [0.5, 0.6) is 0 Å². The molecule has 1 aliphatic rings. The highest BCUT2D eigenvalue weighted by Gasteiger charge is 2.33. The molecule has 8 heteroatoms. The number of aromatic nitrogens is 5. The van der Waals surface area contributed by atoms with Crippen molar-refractivity contribution in [3.8, 4) is 0 Å².